The molecule has 21 heavy (non-hydrogen) atoms. The molecule has 1 N–H and O–H groups in total. The Balaban J connectivity index is 1.77. The van der Waals surface area contributed by atoms with Gasteiger partial charge in [-0.1, -0.05) is 17.7 Å². The summed E-state index contributed by atoms with van der Waals surface area (Å²) in [5, 5.41) is 3.73. The summed E-state index contributed by atoms with van der Waals surface area (Å²) in [7, 11) is 1.81. The molecule has 2 aromatic rings. The lowest BCUT2D eigenvalue weighted by Crippen LogP contribution is -2.33. The van der Waals surface area contributed by atoms with Gasteiger partial charge in [-0.3, -0.25) is 9.78 Å². The first-order valence-corrected chi connectivity index (χ1v) is 7.15. The van der Waals surface area contributed by atoms with Gasteiger partial charge in [0, 0.05) is 36.7 Å². The highest BCUT2D eigenvalue weighted by Crippen LogP contribution is 2.14. The molecule has 110 valence electrons. The van der Waals surface area contributed by atoms with Gasteiger partial charge in [0.05, 0.1) is 6.54 Å². The van der Waals surface area contributed by atoms with Gasteiger partial charge in [0.25, 0.3) is 0 Å². The van der Waals surface area contributed by atoms with Crippen LogP contribution in [0.15, 0.2) is 48.8 Å². The number of hydrogen-bond donors (Lipinski definition) is 1. The van der Waals surface area contributed by atoms with E-state index in [9.17, 15) is 4.79 Å². The number of halogens is 1. The molecule has 0 saturated heterocycles. The molecule has 0 aliphatic heterocycles. The summed E-state index contributed by atoms with van der Waals surface area (Å²) in [5.74, 6) is 0.0454. The monoisotopic (exact) mass is 303 g/mol. The van der Waals surface area contributed by atoms with E-state index in [4.69, 9.17) is 11.6 Å². The number of likely N-dealkylation sites (N-methyl/N-ethyl adjacent to an activating group) is 1. The van der Waals surface area contributed by atoms with E-state index >= 15 is 0 Å². The van der Waals surface area contributed by atoms with E-state index in [1.54, 1.807) is 29.4 Å². The predicted molar refractivity (Wildman–Crippen MR) is 85.5 cm³/mol. The van der Waals surface area contributed by atoms with Crippen LogP contribution in [-0.4, -0.2) is 35.9 Å². The summed E-state index contributed by atoms with van der Waals surface area (Å²) in [5.41, 5.74) is 2.02. The van der Waals surface area contributed by atoms with Crippen molar-refractivity contribution >= 4 is 23.2 Å². The average Bonchev–Trinajstić information content (AvgIpc) is 2.51. The largest absolute Gasteiger partial charge is 0.376 e. The van der Waals surface area contributed by atoms with Crippen LogP contribution in [0.5, 0.6) is 0 Å². The number of carbonyl (C=O) groups is 1. The zero-order valence-electron chi connectivity index (χ0n) is 11.9. The zero-order valence-corrected chi connectivity index (χ0v) is 12.7. The number of anilines is 1. The summed E-state index contributed by atoms with van der Waals surface area (Å²) in [6.45, 7) is 0.938. The summed E-state index contributed by atoms with van der Waals surface area (Å²) < 4.78 is 0. The minimum Gasteiger partial charge on any atom is -0.376 e. The minimum absolute atomic E-state index is 0.0454. The Morgan fingerprint density at radius 1 is 1.29 bits per heavy atom. The maximum absolute atomic E-state index is 12.0. The Kier molecular flexibility index (Phi) is 5.58. The van der Waals surface area contributed by atoms with Crippen LogP contribution in [0.3, 0.4) is 0 Å². The Bertz CT molecular complexity index is 589. The van der Waals surface area contributed by atoms with Crippen molar-refractivity contribution in [3.05, 3.63) is 59.4 Å². The van der Waals surface area contributed by atoms with Crippen LogP contribution in [0.25, 0.3) is 0 Å². The molecule has 0 aliphatic rings. The molecule has 0 spiro atoms. The predicted octanol–water partition coefficient (Wildman–Crippen LogP) is 2.85. The van der Waals surface area contributed by atoms with Gasteiger partial charge >= 0.3 is 0 Å². The third-order valence-corrected chi connectivity index (χ3v) is 3.41. The average molecular weight is 304 g/mol. The summed E-state index contributed by atoms with van der Waals surface area (Å²) in [6.07, 6.45) is 4.34. The number of hydrogen-bond acceptors (Lipinski definition) is 3. The van der Waals surface area contributed by atoms with Gasteiger partial charge in [-0.2, -0.15) is 0 Å². The van der Waals surface area contributed by atoms with Crippen molar-refractivity contribution in [2.24, 2.45) is 0 Å². The van der Waals surface area contributed by atoms with Gasteiger partial charge in [-0.05, 0) is 42.3 Å². The van der Waals surface area contributed by atoms with E-state index in [0.29, 0.717) is 11.6 Å². The van der Waals surface area contributed by atoms with Crippen molar-refractivity contribution < 1.29 is 4.79 Å². The fourth-order valence-electron chi connectivity index (χ4n) is 1.88. The zero-order chi connectivity index (χ0) is 15.1. The summed E-state index contributed by atoms with van der Waals surface area (Å²) in [4.78, 5) is 17.7. The standard InChI is InChI=1S/C16H18ClN3O/c1-20(10-7-13-5-8-18-9-6-13)16(21)12-19-15-4-2-3-14(17)11-15/h2-6,8-9,11,19H,7,10,12H2,1H3. The Hall–Kier alpha value is -2.07. The number of aromatic nitrogens is 1. The van der Waals surface area contributed by atoms with Crippen LogP contribution >= 0.6 is 11.6 Å². The van der Waals surface area contributed by atoms with E-state index < -0.39 is 0 Å². The second-order valence-electron chi connectivity index (χ2n) is 4.78. The van der Waals surface area contributed by atoms with Crippen LogP contribution in [0, 0.1) is 0 Å². The molecule has 1 heterocycles. The Labute approximate surface area is 129 Å². The molecule has 0 aliphatic carbocycles. The highest BCUT2D eigenvalue weighted by Gasteiger charge is 2.08. The van der Waals surface area contributed by atoms with Crippen molar-refractivity contribution in [2.45, 2.75) is 6.42 Å². The second-order valence-corrected chi connectivity index (χ2v) is 5.22. The first kappa shape index (κ1) is 15.3. The van der Waals surface area contributed by atoms with Crippen LogP contribution in [0.1, 0.15) is 5.56 Å². The topological polar surface area (TPSA) is 45.2 Å². The van der Waals surface area contributed by atoms with Crippen LogP contribution in [-0.2, 0) is 11.2 Å². The van der Waals surface area contributed by atoms with Gasteiger partial charge < -0.3 is 10.2 Å². The molecule has 0 fully saturated rings. The normalized spacial score (nSPS) is 10.2. The SMILES string of the molecule is CN(CCc1ccncc1)C(=O)CNc1cccc(Cl)c1. The first-order valence-electron chi connectivity index (χ1n) is 6.77. The fourth-order valence-corrected chi connectivity index (χ4v) is 2.07. The summed E-state index contributed by atoms with van der Waals surface area (Å²) in [6, 6.07) is 11.3. The molecule has 0 atom stereocenters. The van der Waals surface area contributed by atoms with Crippen LogP contribution in [0.2, 0.25) is 5.02 Å². The molecule has 2 rings (SSSR count). The number of pyridine rings is 1. The molecule has 1 amide bonds. The van der Waals surface area contributed by atoms with Crippen molar-refractivity contribution in [2.75, 3.05) is 25.5 Å². The smallest absolute Gasteiger partial charge is 0.241 e. The highest BCUT2D eigenvalue weighted by atomic mass is 35.5. The van der Waals surface area contributed by atoms with E-state index in [1.807, 2.05) is 31.3 Å². The van der Waals surface area contributed by atoms with Crippen molar-refractivity contribution in [1.29, 1.82) is 0 Å². The molecule has 0 bridgehead atoms. The lowest BCUT2D eigenvalue weighted by molar-refractivity contribution is -0.127. The van der Waals surface area contributed by atoms with Crippen molar-refractivity contribution in [1.82, 2.24) is 9.88 Å². The third kappa shape index (κ3) is 5.08. The third-order valence-electron chi connectivity index (χ3n) is 3.18. The lowest BCUT2D eigenvalue weighted by Gasteiger charge is -2.18. The maximum atomic E-state index is 12.0. The molecule has 1 aromatic heterocycles. The first-order chi connectivity index (χ1) is 10.1. The maximum Gasteiger partial charge on any atom is 0.241 e. The molecule has 5 heteroatoms. The summed E-state index contributed by atoms with van der Waals surface area (Å²) >= 11 is 5.90. The van der Waals surface area contributed by atoms with Gasteiger partial charge in [0.2, 0.25) is 5.91 Å². The van der Waals surface area contributed by atoms with Crippen LogP contribution in [0.4, 0.5) is 5.69 Å². The van der Waals surface area contributed by atoms with Gasteiger partial charge in [0.1, 0.15) is 0 Å². The number of rotatable bonds is 6. The van der Waals surface area contributed by atoms with E-state index in [-0.39, 0.29) is 12.5 Å². The quantitative estimate of drug-likeness (QED) is 0.892. The van der Waals surface area contributed by atoms with Crippen molar-refractivity contribution in [3.63, 3.8) is 0 Å². The number of benzene rings is 1. The van der Waals surface area contributed by atoms with Gasteiger partial charge in [-0.25, -0.2) is 0 Å². The molecule has 1 aromatic carbocycles. The highest BCUT2D eigenvalue weighted by molar-refractivity contribution is 6.30. The van der Waals surface area contributed by atoms with Crippen LogP contribution < -0.4 is 5.32 Å². The Morgan fingerprint density at radius 2 is 2.05 bits per heavy atom. The molecule has 4 nitrogen and oxygen atoms in total. The number of carbonyl (C=O) groups excluding carboxylic acids is 1. The number of nitrogens with zero attached hydrogens (tertiary/aromatic N) is 2. The fraction of sp³-hybridized carbons (Fsp3) is 0.250. The molecular formula is C16H18ClN3O. The van der Waals surface area contributed by atoms with Gasteiger partial charge in [-0.15, -0.1) is 0 Å². The molecule has 0 unspecified atom stereocenters. The molecular weight excluding hydrogens is 286 g/mol. The molecule has 0 radical (unpaired) electrons. The number of nitrogens with one attached hydrogen (secondary N) is 1. The Morgan fingerprint density at radius 3 is 2.76 bits per heavy atom. The number of amides is 1. The second kappa shape index (κ2) is 7.64. The lowest BCUT2D eigenvalue weighted by atomic mass is 10.2. The van der Waals surface area contributed by atoms with E-state index in [0.717, 1.165) is 12.1 Å². The van der Waals surface area contributed by atoms with Crippen molar-refractivity contribution in [3.8, 4) is 0 Å². The van der Waals surface area contributed by atoms with E-state index in [2.05, 4.69) is 10.3 Å². The minimum atomic E-state index is 0.0454. The molecule has 0 saturated carbocycles. The van der Waals surface area contributed by atoms with E-state index in [1.165, 1.54) is 5.56 Å². The van der Waals surface area contributed by atoms with Gasteiger partial charge in [0.15, 0.2) is 0 Å².